The molecule has 0 saturated carbocycles. The Morgan fingerprint density at radius 2 is 2.08 bits per heavy atom. The molecule has 1 heterocycles. The quantitative estimate of drug-likeness (QED) is 0.624. The van der Waals surface area contributed by atoms with Crippen LogP contribution in [0.4, 0.5) is 0 Å². The second-order valence-electron chi connectivity index (χ2n) is 2.98. The highest BCUT2D eigenvalue weighted by molar-refractivity contribution is 5.56. The largest absolute Gasteiger partial charge is 0.369 e. The van der Waals surface area contributed by atoms with Gasteiger partial charge in [0, 0.05) is 18.8 Å². The van der Waals surface area contributed by atoms with Gasteiger partial charge in [0.2, 0.25) is 0 Å². The van der Waals surface area contributed by atoms with Gasteiger partial charge in [-0.25, -0.2) is 0 Å². The number of benzene rings is 1. The van der Waals surface area contributed by atoms with Crippen LogP contribution < -0.4 is 0 Å². The highest BCUT2D eigenvalue weighted by Crippen LogP contribution is 2.26. The van der Waals surface area contributed by atoms with E-state index in [9.17, 15) is 5.11 Å². The SMILES string of the molecule is CN1C=Cc2ccccc2C1O. The molecule has 0 amide bonds. The Balaban J connectivity index is 2.52. The number of hydrogen-bond acceptors (Lipinski definition) is 2. The molecule has 0 aromatic heterocycles. The molecule has 1 atom stereocenters. The normalized spacial score (nSPS) is 20.8. The third-order valence-corrected chi connectivity index (χ3v) is 2.15. The van der Waals surface area contributed by atoms with Gasteiger partial charge in [-0.15, -0.1) is 0 Å². The number of aliphatic hydroxyl groups excluding tert-OH is 1. The van der Waals surface area contributed by atoms with Gasteiger partial charge in [-0.3, -0.25) is 0 Å². The highest BCUT2D eigenvalue weighted by atomic mass is 16.3. The molecule has 0 saturated heterocycles. The van der Waals surface area contributed by atoms with Crippen molar-refractivity contribution in [1.29, 1.82) is 0 Å². The van der Waals surface area contributed by atoms with Crippen molar-refractivity contribution in [2.75, 3.05) is 7.05 Å². The van der Waals surface area contributed by atoms with E-state index in [4.69, 9.17) is 0 Å². The monoisotopic (exact) mass is 161 g/mol. The first-order valence-electron chi connectivity index (χ1n) is 3.96. The molecular formula is C10H11NO. The van der Waals surface area contributed by atoms with E-state index < -0.39 is 6.23 Å². The van der Waals surface area contributed by atoms with E-state index >= 15 is 0 Å². The van der Waals surface area contributed by atoms with E-state index in [1.165, 1.54) is 0 Å². The molecule has 2 heteroatoms. The fraction of sp³-hybridized carbons (Fsp3) is 0.200. The van der Waals surface area contributed by atoms with Crippen LogP contribution in [-0.4, -0.2) is 17.1 Å². The van der Waals surface area contributed by atoms with Crippen LogP contribution in [0.15, 0.2) is 30.5 Å². The number of aliphatic hydroxyl groups is 1. The smallest absolute Gasteiger partial charge is 0.153 e. The maximum absolute atomic E-state index is 9.70. The van der Waals surface area contributed by atoms with Crippen molar-refractivity contribution in [3.8, 4) is 0 Å². The van der Waals surface area contributed by atoms with Crippen molar-refractivity contribution in [2.45, 2.75) is 6.23 Å². The van der Waals surface area contributed by atoms with Crippen LogP contribution >= 0.6 is 0 Å². The summed E-state index contributed by atoms with van der Waals surface area (Å²) in [6.45, 7) is 0. The summed E-state index contributed by atoms with van der Waals surface area (Å²) in [6, 6.07) is 7.86. The number of fused-ring (bicyclic) bond motifs is 1. The van der Waals surface area contributed by atoms with E-state index in [0.29, 0.717) is 0 Å². The maximum Gasteiger partial charge on any atom is 0.153 e. The van der Waals surface area contributed by atoms with Crippen molar-refractivity contribution in [1.82, 2.24) is 4.90 Å². The van der Waals surface area contributed by atoms with Crippen LogP contribution in [0.5, 0.6) is 0 Å². The van der Waals surface area contributed by atoms with Crippen molar-refractivity contribution in [2.24, 2.45) is 0 Å². The third-order valence-electron chi connectivity index (χ3n) is 2.15. The molecule has 0 aliphatic carbocycles. The lowest BCUT2D eigenvalue weighted by molar-refractivity contribution is 0.0527. The number of hydrogen-bond donors (Lipinski definition) is 1. The minimum Gasteiger partial charge on any atom is -0.369 e. The molecule has 1 N–H and O–H groups in total. The molecular weight excluding hydrogens is 150 g/mol. The predicted molar refractivity (Wildman–Crippen MR) is 48.2 cm³/mol. The molecule has 0 spiro atoms. The number of rotatable bonds is 0. The fourth-order valence-electron chi connectivity index (χ4n) is 1.40. The van der Waals surface area contributed by atoms with Crippen LogP contribution in [0.3, 0.4) is 0 Å². The summed E-state index contributed by atoms with van der Waals surface area (Å²) in [4.78, 5) is 1.78. The van der Waals surface area contributed by atoms with Crippen LogP contribution in [0.25, 0.3) is 6.08 Å². The zero-order valence-electron chi connectivity index (χ0n) is 6.94. The Hall–Kier alpha value is -1.28. The van der Waals surface area contributed by atoms with Gasteiger partial charge in [-0.2, -0.15) is 0 Å². The lowest BCUT2D eigenvalue weighted by Gasteiger charge is -2.27. The Kier molecular flexibility index (Phi) is 1.62. The van der Waals surface area contributed by atoms with Gasteiger partial charge in [0.15, 0.2) is 6.23 Å². The Morgan fingerprint density at radius 1 is 1.33 bits per heavy atom. The predicted octanol–water partition coefficient (Wildman–Crippen LogP) is 1.59. The van der Waals surface area contributed by atoms with Crippen molar-refractivity contribution < 1.29 is 5.11 Å². The van der Waals surface area contributed by atoms with Gasteiger partial charge < -0.3 is 10.0 Å². The zero-order chi connectivity index (χ0) is 8.55. The summed E-state index contributed by atoms with van der Waals surface area (Å²) in [7, 11) is 1.86. The van der Waals surface area contributed by atoms with E-state index in [0.717, 1.165) is 11.1 Å². The van der Waals surface area contributed by atoms with Gasteiger partial charge in [0.05, 0.1) is 0 Å². The van der Waals surface area contributed by atoms with Crippen LogP contribution in [0.1, 0.15) is 17.4 Å². The summed E-state index contributed by atoms with van der Waals surface area (Å²) in [5.74, 6) is 0. The molecule has 1 aliphatic heterocycles. The fourth-order valence-corrected chi connectivity index (χ4v) is 1.40. The van der Waals surface area contributed by atoms with Crippen molar-refractivity contribution in [3.05, 3.63) is 41.6 Å². The van der Waals surface area contributed by atoms with E-state index in [2.05, 4.69) is 0 Å². The zero-order valence-corrected chi connectivity index (χ0v) is 6.94. The standard InChI is InChI=1S/C10H11NO/c1-11-7-6-8-4-2-3-5-9(8)10(11)12/h2-7,10,12H,1H3. The van der Waals surface area contributed by atoms with E-state index in [1.807, 2.05) is 43.6 Å². The summed E-state index contributed by atoms with van der Waals surface area (Å²) < 4.78 is 0. The molecule has 0 radical (unpaired) electrons. The number of nitrogens with zero attached hydrogens (tertiary/aromatic N) is 1. The van der Waals surface area contributed by atoms with Crippen LogP contribution in [-0.2, 0) is 0 Å². The molecule has 0 fully saturated rings. The first-order valence-corrected chi connectivity index (χ1v) is 3.96. The molecule has 1 unspecified atom stereocenters. The lowest BCUT2D eigenvalue weighted by Crippen LogP contribution is -2.21. The van der Waals surface area contributed by atoms with Gasteiger partial charge in [-0.05, 0) is 11.6 Å². The van der Waals surface area contributed by atoms with Crippen molar-refractivity contribution >= 4 is 6.08 Å². The van der Waals surface area contributed by atoms with Gasteiger partial charge in [-0.1, -0.05) is 24.3 Å². The second-order valence-corrected chi connectivity index (χ2v) is 2.98. The molecule has 0 bridgehead atoms. The van der Waals surface area contributed by atoms with E-state index in [1.54, 1.807) is 4.90 Å². The average Bonchev–Trinajstić information content (AvgIpc) is 2.12. The van der Waals surface area contributed by atoms with Crippen molar-refractivity contribution in [3.63, 3.8) is 0 Å². The lowest BCUT2D eigenvalue weighted by atomic mass is 10.0. The third kappa shape index (κ3) is 1.01. The Bertz CT molecular complexity index is 319. The molecule has 12 heavy (non-hydrogen) atoms. The average molecular weight is 161 g/mol. The van der Waals surface area contributed by atoms with Crippen LogP contribution in [0.2, 0.25) is 0 Å². The molecule has 1 aromatic rings. The van der Waals surface area contributed by atoms with E-state index in [-0.39, 0.29) is 0 Å². The minimum atomic E-state index is -0.494. The summed E-state index contributed by atoms with van der Waals surface area (Å²) in [5, 5.41) is 9.70. The van der Waals surface area contributed by atoms with Gasteiger partial charge >= 0.3 is 0 Å². The summed E-state index contributed by atoms with van der Waals surface area (Å²) in [6.07, 6.45) is 3.39. The highest BCUT2D eigenvalue weighted by Gasteiger charge is 2.16. The van der Waals surface area contributed by atoms with Gasteiger partial charge in [0.1, 0.15) is 0 Å². The maximum atomic E-state index is 9.70. The summed E-state index contributed by atoms with van der Waals surface area (Å²) >= 11 is 0. The van der Waals surface area contributed by atoms with Crippen LogP contribution in [0, 0.1) is 0 Å². The molecule has 1 aliphatic rings. The van der Waals surface area contributed by atoms with Gasteiger partial charge in [0.25, 0.3) is 0 Å². The minimum absolute atomic E-state index is 0.494. The first-order chi connectivity index (χ1) is 5.79. The first kappa shape index (κ1) is 7.37. The summed E-state index contributed by atoms with van der Waals surface area (Å²) in [5.41, 5.74) is 2.07. The molecule has 62 valence electrons. The molecule has 2 rings (SSSR count). The Labute approximate surface area is 71.7 Å². The molecule has 1 aromatic carbocycles. The Morgan fingerprint density at radius 3 is 2.92 bits per heavy atom. The second kappa shape index (κ2) is 2.64. The molecule has 2 nitrogen and oxygen atoms in total. The topological polar surface area (TPSA) is 23.5 Å².